The van der Waals surface area contributed by atoms with Crippen molar-refractivity contribution in [3.8, 4) is 5.75 Å². The summed E-state index contributed by atoms with van der Waals surface area (Å²) in [5.74, 6) is 0.626. The molecule has 0 aliphatic rings. The summed E-state index contributed by atoms with van der Waals surface area (Å²) in [5, 5.41) is 2.32. The van der Waals surface area contributed by atoms with Crippen LogP contribution in [0.15, 0.2) is 54.7 Å². The summed E-state index contributed by atoms with van der Waals surface area (Å²) in [6, 6.07) is 14.2. The van der Waals surface area contributed by atoms with E-state index in [4.69, 9.17) is 16.3 Å². The van der Waals surface area contributed by atoms with Crippen molar-refractivity contribution in [3.63, 3.8) is 0 Å². The topological polar surface area (TPSA) is 39.2 Å². The van der Waals surface area contributed by atoms with Crippen LogP contribution >= 0.6 is 11.6 Å². The summed E-state index contributed by atoms with van der Waals surface area (Å²) in [6.07, 6.45) is 1.63. The summed E-state index contributed by atoms with van der Waals surface area (Å²) in [5.41, 5.74) is 0.993. The minimum absolute atomic E-state index is 0.123. The second-order valence-corrected chi connectivity index (χ2v) is 5.02. The highest BCUT2D eigenvalue weighted by Gasteiger charge is 2.14. The molecule has 1 heterocycles. The quantitative estimate of drug-likeness (QED) is 0.682. The van der Waals surface area contributed by atoms with Crippen molar-refractivity contribution >= 4 is 28.2 Å². The molecule has 0 unspecified atom stereocenters. The SMILES string of the molecule is COc1ccc2c(C(=O)c3ccc(Cl)cc3)nccc2c1. The monoisotopic (exact) mass is 297 g/mol. The maximum atomic E-state index is 12.6. The van der Waals surface area contributed by atoms with E-state index in [1.54, 1.807) is 37.6 Å². The lowest BCUT2D eigenvalue weighted by atomic mass is 10.0. The summed E-state index contributed by atoms with van der Waals surface area (Å²) >= 11 is 5.85. The highest BCUT2D eigenvalue weighted by atomic mass is 35.5. The van der Waals surface area contributed by atoms with Gasteiger partial charge in [-0.1, -0.05) is 11.6 Å². The zero-order valence-electron chi connectivity index (χ0n) is 11.3. The lowest BCUT2D eigenvalue weighted by Gasteiger charge is -2.07. The lowest BCUT2D eigenvalue weighted by molar-refractivity contribution is 0.103. The number of carbonyl (C=O) groups excluding carboxylic acids is 1. The fraction of sp³-hybridized carbons (Fsp3) is 0.0588. The smallest absolute Gasteiger partial charge is 0.211 e. The number of carbonyl (C=O) groups is 1. The number of methoxy groups -OCH3 is 1. The van der Waals surface area contributed by atoms with E-state index in [2.05, 4.69) is 4.98 Å². The normalized spacial score (nSPS) is 10.6. The van der Waals surface area contributed by atoms with E-state index in [0.29, 0.717) is 16.3 Å². The number of ketones is 1. The van der Waals surface area contributed by atoms with Crippen molar-refractivity contribution in [3.05, 3.63) is 71.0 Å². The van der Waals surface area contributed by atoms with Gasteiger partial charge in [-0.05, 0) is 53.9 Å². The molecule has 0 spiro atoms. The van der Waals surface area contributed by atoms with Crippen LogP contribution in [0, 0.1) is 0 Å². The van der Waals surface area contributed by atoms with Crippen molar-refractivity contribution in [1.29, 1.82) is 0 Å². The molecule has 3 rings (SSSR count). The first-order chi connectivity index (χ1) is 10.2. The van der Waals surface area contributed by atoms with Gasteiger partial charge in [-0.2, -0.15) is 0 Å². The van der Waals surface area contributed by atoms with E-state index in [0.717, 1.165) is 16.5 Å². The van der Waals surface area contributed by atoms with E-state index >= 15 is 0 Å². The van der Waals surface area contributed by atoms with Gasteiger partial charge in [0.2, 0.25) is 5.78 Å². The molecule has 3 nitrogen and oxygen atoms in total. The standard InChI is InChI=1S/C17H12ClNO2/c1-21-14-6-7-15-12(10-14)8-9-19-16(15)17(20)11-2-4-13(18)5-3-11/h2-10H,1H3. The van der Waals surface area contributed by atoms with E-state index in [-0.39, 0.29) is 5.78 Å². The number of rotatable bonds is 3. The van der Waals surface area contributed by atoms with Gasteiger partial charge in [0.15, 0.2) is 0 Å². The summed E-state index contributed by atoms with van der Waals surface area (Å²) in [4.78, 5) is 16.8. The Kier molecular flexibility index (Phi) is 3.59. The Bertz CT molecular complexity index is 813. The van der Waals surface area contributed by atoms with Crippen LogP contribution < -0.4 is 4.74 Å². The van der Waals surface area contributed by atoms with Crippen molar-refractivity contribution in [1.82, 2.24) is 4.98 Å². The third-order valence-electron chi connectivity index (χ3n) is 3.29. The van der Waals surface area contributed by atoms with Gasteiger partial charge in [0, 0.05) is 22.2 Å². The second kappa shape index (κ2) is 5.54. The van der Waals surface area contributed by atoms with Gasteiger partial charge in [0.1, 0.15) is 11.4 Å². The fourth-order valence-electron chi connectivity index (χ4n) is 2.20. The first kappa shape index (κ1) is 13.6. The second-order valence-electron chi connectivity index (χ2n) is 4.58. The maximum Gasteiger partial charge on any atom is 0.211 e. The number of benzene rings is 2. The lowest BCUT2D eigenvalue weighted by Crippen LogP contribution is -2.04. The molecule has 1 aromatic heterocycles. The number of aromatic nitrogens is 1. The number of fused-ring (bicyclic) bond motifs is 1. The van der Waals surface area contributed by atoms with Gasteiger partial charge in [-0.15, -0.1) is 0 Å². The van der Waals surface area contributed by atoms with E-state index in [1.807, 2.05) is 24.3 Å². The highest BCUT2D eigenvalue weighted by molar-refractivity contribution is 6.30. The number of halogens is 1. The zero-order chi connectivity index (χ0) is 14.8. The van der Waals surface area contributed by atoms with Crippen LogP contribution in [0.5, 0.6) is 5.75 Å². The molecular weight excluding hydrogens is 286 g/mol. The Labute approximate surface area is 127 Å². The van der Waals surface area contributed by atoms with Crippen molar-refractivity contribution in [2.45, 2.75) is 0 Å². The highest BCUT2D eigenvalue weighted by Crippen LogP contribution is 2.24. The van der Waals surface area contributed by atoms with Gasteiger partial charge in [-0.25, -0.2) is 0 Å². The Balaban J connectivity index is 2.11. The number of nitrogens with zero attached hydrogens (tertiary/aromatic N) is 1. The first-order valence-corrected chi connectivity index (χ1v) is 6.80. The molecule has 0 aliphatic carbocycles. The van der Waals surface area contributed by atoms with Gasteiger partial charge in [0.25, 0.3) is 0 Å². The fourth-order valence-corrected chi connectivity index (χ4v) is 2.33. The van der Waals surface area contributed by atoms with Crippen molar-refractivity contribution in [2.75, 3.05) is 7.11 Å². The minimum Gasteiger partial charge on any atom is -0.497 e. The molecule has 104 valence electrons. The number of ether oxygens (including phenoxy) is 1. The number of hydrogen-bond donors (Lipinski definition) is 0. The first-order valence-electron chi connectivity index (χ1n) is 6.42. The molecule has 0 saturated carbocycles. The predicted octanol–water partition coefficient (Wildman–Crippen LogP) is 4.13. The molecule has 0 aliphatic heterocycles. The van der Waals surface area contributed by atoms with Gasteiger partial charge >= 0.3 is 0 Å². The van der Waals surface area contributed by atoms with Crippen LogP contribution in [0.25, 0.3) is 10.8 Å². The summed E-state index contributed by atoms with van der Waals surface area (Å²) in [6.45, 7) is 0. The molecule has 21 heavy (non-hydrogen) atoms. The number of pyridine rings is 1. The maximum absolute atomic E-state index is 12.6. The Morgan fingerprint density at radius 2 is 1.86 bits per heavy atom. The summed E-state index contributed by atoms with van der Waals surface area (Å²) in [7, 11) is 1.61. The average molecular weight is 298 g/mol. The summed E-state index contributed by atoms with van der Waals surface area (Å²) < 4.78 is 5.20. The van der Waals surface area contributed by atoms with Gasteiger partial charge < -0.3 is 4.74 Å². The van der Waals surface area contributed by atoms with Crippen LogP contribution in [-0.2, 0) is 0 Å². The van der Waals surface area contributed by atoms with Crippen LogP contribution in [0.4, 0.5) is 0 Å². The van der Waals surface area contributed by atoms with Crippen molar-refractivity contribution < 1.29 is 9.53 Å². The average Bonchev–Trinajstić information content (AvgIpc) is 2.53. The largest absolute Gasteiger partial charge is 0.497 e. The van der Waals surface area contributed by atoms with E-state index in [1.165, 1.54) is 0 Å². The van der Waals surface area contributed by atoms with Crippen LogP contribution in [-0.4, -0.2) is 17.9 Å². The third-order valence-corrected chi connectivity index (χ3v) is 3.55. The third kappa shape index (κ3) is 2.60. The van der Waals surface area contributed by atoms with Crippen molar-refractivity contribution in [2.24, 2.45) is 0 Å². The molecule has 0 radical (unpaired) electrons. The minimum atomic E-state index is -0.123. The van der Waals surface area contributed by atoms with Crippen LogP contribution in [0.1, 0.15) is 16.1 Å². The molecule has 0 fully saturated rings. The van der Waals surface area contributed by atoms with Gasteiger partial charge in [-0.3, -0.25) is 9.78 Å². The molecule has 0 amide bonds. The molecular formula is C17H12ClNO2. The van der Waals surface area contributed by atoms with Crippen LogP contribution in [0.3, 0.4) is 0 Å². The Morgan fingerprint density at radius 3 is 2.57 bits per heavy atom. The molecule has 0 saturated heterocycles. The zero-order valence-corrected chi connectivity index (χ0v) is 12.1. The molecule has 0 atom stereocenters. The Morgan fingerprint density at radius 1 is 1.10 bits per heavy atom. The molecule has 0 N–H and O–H groups in total. The number of hydrogen-bond acceptors (Lipinski definition) is 3. The molecule has 2 aromatic carbocycles. The molecule has 0 bridgehead atoms. The van der Waals surface area contributed by atoms with E-state index in [9.17, 15) is 4.79 Å². The van der Waals surface area contributed by atoms with Gasteiger partial charge in [0.05, 0.1) is 7.11 Å². The van der Waals surface area contributed by atoms with Crippen LogP contribution in [0.2, 0.25) is 5.02 Å². The molecule has 4 heteroatoms. The predicted molar refractivity (Wildman–Crippen MR) is 83.2 cm³/mol. The van der Waals surface area contributed by atoms with E-state index < -0.39 is 0 Å². The Hall–Kier alpha value is -2.39. The molecule has 3 aromatic rings.